The van der Waals surface area contributed by atoms with Gasteiger partial charge < -0.3 is 9.80 Å². The average molecular weight is 408 g/mol. The summed E-state index contributed by atoms with van der Waals surface area (Å²) in [5.41, 5.74) is 3.75. The zero-order valence-electron chi connectivity index (χ0n) is 17.4. The van der Waals surface area contributed by atoms with Gasteiger partial charge in [-0.1, -0.05) is 12.1 Å². The van der Waals surface area contributed by atoms with E-state index in [0.29, 0.717) is 18.1 Å². The zero-order chi connectivity index (χ0) is 21.3. The molecule has 1 amide bonds. The summed E-state index contributed by atoms with van der Waals surface area (Å²) in [4.78, 5) is 26.4. The first-order chi connectivity index (χ1) is 14.5. The second-order valence-electron chi connectivity index (χ2n) is 7.79. The number of aryl methyl sites for hydroxylation is 1. The number of carbonyl (C=O) groups excluding carboxylic acids is 1. The number of hydrogen-bond acceptors (Lipinski definition) is 5. The molecule has 0 saturated carbocycles. The van der Waals surface area contributed by atoms with Gasteiger partial charge >= 0.3 is 0 Å². The number of likely N-dealkylation sites (tertiary alicyclic amines) is 1. The monoisotopic (exact) mass is 408 g/mol. The lowest BCUT2D eigenvalue weighted by molar-refractivity contribution is 0.0606. The van der Waals surface area contributed by atoms with Crippen LogP contribution in [0.15, 0.2) is 36.7 Å². The molecular weight excluding hydrogens is 383 g/mol. The summed E-state index contributed by atoms with van der Waals surface area (Å²) in [5, 5.41) is 6.85. The fraction of sp³-hybridized carbons (Fsp3) is 0.364. The van der Waals surface area contributed by atoms with Crippen molar-refractivity contribution in [1.82, 2.24) is 25.1 Å². The number of benzene rings is 1. The fourth-order valence-corrected chi connectivity index (χ4v) is 3.89. The Morgan fingerprint density at radius 1 is 1.20 bits per heavy atom. The van der Waals surface area contributed by atoms with E-state index in [2.05, 4.69) is 15.2 Å². The van der Waals surface area contributed by atoms with Crippen molar-refractivity contribution in [2.75, 3.05) is 25.5 Å². The lowest BCUT2D eigenvalue weighted by Gasteiger charge is -2.36. The highest BCUT2D eigenvalue weighted by atomic mass is 19.1. The largest absolute Gasteiger partial charge is 0.347 e. The summed E-state index contributed by atoms with van der Waals surface area (Å²) in [7, 11) is 3.77. The normalized spacial score (nSPS) is 16.5. The van der Waals surface area contributed by atoms with E-state index in [1.165, 1.54) is 12.1 Å². The second kappa shape index (κ2) is 8.22. The molecule has 156 valence electrons. The third-order valence-electron chi connectivity index (χ3n) is 5.50. The minimum Gasteiger partial charge on any atom is -0.347 e. The van der Waals surface area contributed by atoms with E-state index in [9.17, 15) is 9.18 Å². The average Bonchev–Trinajstić information content (AvgIpc) is 3.19. The number of rotatable bonds is 4. The Morgan fingerprint density at radius 3 is 2.63 bits per heavy atom. The molecule has 3 heterocycles. The second-order valence-corrected chi connectivity index (χ2v) is 7.79. The first-order valence-corrected chi connectivity index (χ1v) is 10.1. The van der Waals surface area contributed by atoms with E-state index < -0.39 is 0 Å². The predicted molar refractivity (Wildman–Crippen MR) is 113 cm³/mol. The van der Waals surface area contributed by atoms with Crippen molar-refractivity contribution in [2.24, 2.45) is 0 Å². The van der Waals surface area contributed by atoms with E-state index in [0.717, 1.165) is 41.8 Å². The van der Waals surface area contributed by atoms with Crippen LogP contribution in [0.2, 0.25) is 0 Å². The maximum atomic E-state index is 13.5. The number of nitrogens with one attached hydrogen (secondary N) is 1. The molecule has 2 aromatic heterocycles. The summed E-state index contributed by atoms with van der Waals surface area (Å²) in [6, 6.07) is 6.11. The first-order valence-electron chi connectivity index (χ1n) is 10.1. The Morgan fingerprint density at radius 2 is 1.97 bits per heavy atom. The summed E-state index contributed by atoms with van der Waals surface area (Å²) >= 11 is 0. The van der Waals surface area contributed by atoms with Crippen molar-refractivity contribution in [3.05, 3.63) is 59.4 Å². The summed E-state index contributed by atoms with van der Waals surface area (Å²) in [6.07, 6.45) is 6.10. The quantitative estimate of drug-likeness (QED) is 0.711. The third-order valence-corrected chi connectivity index (χ3v) is 5.50. The van der Waals surface area contributed by atoms with Crippen LogP contribution in [0, 0.1) is 12.7 Å². The molecule has 0 unspecified atom stereocenters. The molecule has 1 atom stereocenters. The topological polar surface area (TPSA) is 78.0 Å². The van der Waals surface area contributed by atoms with E-state index in [1.54, 1.807) is 24.5 Å². The van der Waals surface area contributed by atoms with Gasteiger partial charge in [-0.3, -0.25) is 9.89 Å². The van der Waals surface area contributed by atoms with Gasteiger partial charge in [-0.25, -0.2) is 14.4 Å². The molecular formula is C22H25FN6O. The number of H-pyrrole nitrogens is 1. The Labute approximate surface area is 175 Å². The molecule has 1 aliphatic rings. The SMILES string of the molecule is Cc1[nH]ncc1C(=O)N1CCCC[C@H]1c1nc(N(C)C)ncc1-c1ccc(F)cc1. The Hall–Kier alpha value is -3.29. The van der Waals surface area contributed by atoms with Crippen molar-refractivity contribution in [3.8, 4) is 11.1 Å². The van der Waals surface area contributed by atoms with Crippen molar-refractivity contribution < 1.29 is 9.18 Å². The van der Waals surface area contributed by atoms with Gasteiger partial charge in [0.25, 0.3) is 5.91 Å². The van der Waals surface area contributed by atoms with Gasteiger partial charge in [0.2, 0.25) is 5.95 Å². The standard InChI is InChI=1S/C22H25FN6O/c1-14-17(13-25-27-14)21(30)29-11-5-4-6-19(29)20-18(12-24-22(26-20)28(2)3)15-7-9-16(23)10-8-15/h7-10,12-13,19H,4-6,11H2,1-3H3,(H,25,27)/t19-/m0/s1. The molecule has 8 heteroatoms. The maximum absolute atomic E-state index is 13.5. The Bertz CT molecular complexity index is 1050. The number of hydrogen-bond donors (Lipinski definition) is 1. The molecule has 1 aliphatic heterocycles. The molecule has 30 heavy (non-hydrogen) atoms. The van der Waals surface area contributed by atoms with Crippen molar-refractivity contribution >= 4 is 11.9 Å². The zero-order valence-corrected chi connectivity index (χ0v) is 17.4. The molecule has 0 spiro atoms. The highest BCUT2D eigenvalue weighted by Gasteiger charge is 2.33. The van der Waals surface area contributed by atoms with E-state index >= 15 is 0 Å². The number of carbonyl (C=O) groups is 1. The number of aromatic nitrogens is 4. The minimum atomic E-state index is -0.295. The van der Waals surface area contributed by atoms with Crippen LogP contribution >= 0.6 is 0 Å². The Kier molecular flexibility index (Phi) is 5.48. The van der Waals surface area contributed by atoms with Gasteiger partial charge in [-0.05, 0) is 43.9 Å². The molecule has 1 N–H and O–H groups in total. The van der Waals surface area contributed by atoms with E-state index in [4.69, 9.17) is 4.98 Å². The molecule has 1 saturated heterocycles. The van der Waals surface area contributed by atoms with Crippen LogP contribution in [0.3, 0.4) is 0 Å². The molecule has 1 fully saturated rings. The number of piperidine rings is 1. The van der Waals surface area contributed by atoms with Gasteiger partial charge in [0.15, 0.2) is 0 Å². The van der Waals surface area contributed by atoms with Crippen LogP contribution in [-0.2, 0) is 0 Å². The number of anilines is 1. The number of amides is 1. The lowest BCUT2D eigenvalue weighted by Crippen LogP contribution is -2.39. The Balaban J connectivity index is 1.81. The van der Waals surface area contributed by atoms with Crippen LogP contribution in [0.5, 0.6) is 0 Å². The smallest absolute Gasteiger partial charge is 0.257 e. The number of halogens is 1. The summed E-state index contributed by atoms with van der Waals surface area (Å²) in [5.74, 6) is 0.227. The first kappa shape index (κ1) is 20.0. The highest BCUT2D eigenvalue weighted by molar-refractivity contribution is 5.95. The number of aromatic amines is 1. The van der Waals surface area contributed by atoms with Crippen molar-refractivity contribution in [1.29, 1.82) is 0 Å². The van der Waals surface area contributed by atoms with Crippen molar-refractivity contribution in [2.45, 2.75) is 32.2 Å². The van der Waals surface area contributed by atoms with Crippen LogP contribution in [0.4, 0.5) is 10.3 Å². The summed E-state index contributed by atoms with van der Waals surface area (Å²) in [6.45, 7) is 2.50. The molecule has 0 bridgehead atoms. The molecule has 7 nitrogen and oxygen atoms in total. The molecule has 3 aromatic rings. The van der Waals surface area contributed by atoms with Gasteiger partial charge in [0.05, 0.1) is 23.5 Å². The fourth-order valence-electron chi connectivity index (χ4n) is 3.89. The van der Waals surface area contributed by atoms with Gasteiger partial charge in [0.1, 0.15) is 5.82 Å². The maximum Gasteiger partial charge on any atom is 0.257 e. The van der Waals surface area contributed by atoms with Crippen molar-refractivity contribution in [3.63, 3.8) is 0 Å². The molecule has 4 rings (SSSR count). The summed E-state index contributed by atoms with van der Waals surface area (Å²) < 4.78 is 13.5. The van der Waals surface area contributed by atoms with Crippen LogP contribution in [0.1, 0.15) is 47.1 Å². The van der Waals surface area contributed by atoms with Gasteiger partial charge in [0, 0.05) is 38.1 Å². The van der Waals surface area contributed by atoms with E-state index in [1.807, 2.05) is 30.8 Å². The van der Waals surface area contributed by atoms with Crippen LogP contribution < -0.4 is 4.90 Å². The lowest BCUT2D eigenvalue weighted by atomic mass is 9.93. The van der Waals surface area contributed by atoms with Crippen LogP contribution in [0.25, 0.3) is 11.1 Å². The molecule has 1 aromatic carbocycles. The van der Waals surface area contributed by atoms with Gasteiger partial charge in [-0.2, -0.15) is 5.10 Å². The minimum absolute atomic E-state index is 0.0546. The van der Waals surface area contributed by atoms with E-state index in [-0.39, 0.29) is 17.8 Å². The number of nitrogens with zero attached hydrogens (tertiary/aromatic N) is 5. The molecule has 0 radical (unpaired) electrons. The van der Waals surface area contributed by atoms with Gasteiger partial charge in [-0.15, -0.1) is 0 Å². The highest BCUT2D eigenvalue weighted by Crippen LogP contribution is 2.37. The predicted octanol–water partition coefficient (Wildman–Crippen LogP) is 3.75. The third kappa shape index (κ3) is 3.77. The molecule has 0 aliphatic carbocycles. The van der Waals surface area contributed by atoms with Crippen LogP contribution in [-0.4, -0.2) is 51.6 Å².